The summed E-state index contributed by atoms with van der Waals surface area (Å²) in [5.41, 5.74) is 0.578. The molecule has 1 amide bonds. The minimum atomic E-state index is -0.495. The van der Waals surface area contributed by atoms with Crippen molar-refractivity contribution in [2.75, 3.05) is 20.2 Å². The van der Waals surface area contributed by atoms with Gasteiger partial charge in [0.05, 0.1) is 7.11 Å². The van der Waals surface area contributed by atoms with Crippen LogP contribution in [-0.4, -0.2) is 47.7 Å². The lowest BCUT2D eigenvalue weighted by Crippen LogP contribution is -2.50. The van der Waals surface area contributed by atoms with E-state index in [1.807, 2.05) is 26.8 Å². The number of methoxy groups -OCH3 is 1. The molecule has 0 aliphatic carbocycles. The largest absolute Gasteiger partial charge is 0.464 e. The van der Waals surface area contributed by atoms with Gasteiger partial charge < -0.3 is 14.4 Å². The van der Waals surface area contributed by atoms with Gasteiger partial charge in [-0.05, 0) is 32.9 Å². The molecule has 0 unspecified atom stereocenters. The Morgan fingerprint density at radius 3 is 2.52 bits per heavy atom. The van der Waals surface area contributed by atoms with Crippen LogP contribution in [0, 0.1) is 0 Å². The number of hydrogen-bond donors (Lipinski definition) is 0. The molecule has 0 spiro atoms. The molecule has 1 saturated heterocycles. The topological polar surface area (TPSA) is 68.7 Å². The monoisotopic (exact) mass is 292 g/mol. The standard InChI is InChI=1S/C15H20N2O4/c1-15(2,3)21-14(19)17-8-10(9-17)11-6-5-7-12(16-11)13(18)20-4/h5-7,10H,8-9H2,1-4H3. The fourth-order valence-electron chi connectivity index (χ4n) is 2.04. The van der Waals surface area contributed by atoms with Crippen LogP contribution in [-0.2, 0) is 9.47 Å². The van der Waals surface area contributed by atoms with Crippen LogP contribution in [0.1, 0.15) is 42.9 Å². The molecule has 0 saturated carbocycles. The molecular formula is C15H20N2O4. The van der Waals surface area contributed by atoms with Crippen molar-refractivity contribution in [2.45, 2.75) is 32.3 Å². The van der Waals surface area contributed by atoms with Crippen LogP contribution in [0.25, 0.3) is 0 Å². The van der Waals surface area contributed by atoms with E-state index in [0.29, 0.717) is 13.1 Å². The van der Waals surface area contributed by atoms with Gasteiger partial charge in [0.2, 0.25) is 0 Å². The van der Waals surface area contributed by atoms with Crippen LogP contribution in [0.15, 0.2) is 18.2 Å². The molecule has 1 aliphatic heterocycles. The first-order valence-corrected chi connectivity index (χ1v) is 6.83. The molecule has 2 rings (SSSR count). The Balaban J connectivity index is 1.95. The number of aromatic nitrogens is 1. The second-order valence-corrected chi connectivity index (χ2v) is 6.02. The number of pyridine rings is 1. The SMILES string of the molecule is COC(=O)c1cccc(C2CN(C(=O)OC(C)(C)C)C2)n1. The fourth-order valence-corrected chi connectivity index (χ4v) is 2.04. The maximum absolute atomic E-state index is 11.8. The zero-order valence-corrected chi connectivity index (χ0v) is 12.8. The van der Waals surface area contributed by atoms with E-state index in [9.17, 15) is 9.59 Å². The molecule has 114 valence electrons. The normalized spacial score (nSPS) is 15.3. The maximum Gasteiger partial charge on any atom is 0.410 e. The summed E-state index contributed by atoms with van der Waals surface area (Å²) in [6.07, 6.45) is -0.317. The molecular weight excluding hydrogens is 272 g/mol. The number of rotatable bonds is 2. The van der Waals surface area contributed by atoms with Crippen LogP contribution in [0.4, 0.5) is 4.79 Å². The highest BCUT2D eigenvalue weighted by Crippen LogP contribution is 2.27. The Hall–Kier alpha value is -2.11. The molecule has 1 aromatic rings. The number of nitrogens with zero attached hydrogens (tertiary/aromatic N) is 2. The van der Waals surface area contributed by atoms with E-state index < -0.39 is 11.6 Å². The lowest BCUT2D eigenvalue weighted by molar-refractivity contribution is 0.00779. The molecule has 0 atom stereocenters. The summed E-state index contributed by atoms with van der Waals surface area (Å²) < 4.78 is 9.95. The van der Waals surface area contributed by atoms with E-state index >= 15 is 0 Å². The summed E-state index contributed by atoms with van der Waals surface area (Å²) in [5.74, 6) is -0.331. The summed E-state index contributed by atoms with van der Waals surface area (Å²) in [6.45, 7) is 6.61. The van der Waals surface area contributed by atoms with E-state index in [1.165, 1.54) is 7.11 Å². The van der Waals surface area contributed by atoms with Crippen molar-refractivity contribution in [2.24, 2.45) is 0 Å². The molecule has 0 aromatic carbocycles. The van der Waals surface area contributed by atoms with Crippen LogP contribution < -0.4 is 0 Å². The van der Waals surface area contributed by atoms with Gasteiger partial charge in [0.15, 0.2) is 0 Å². The Labute approximate surface area is 124 Å². The lowest BCUT2D eigenvalue weighted by atomic mass is 9.96. The molecule has 1 aromatic heterocycles. The third kappa shape index (κ3) is 3.71. The van der Waals surface area contributed by atoms with Crippen molar-refractivity contribution in [3.05, 3.63) is 29.6 Å². The second-order valence-electron chi connectivity index (χ2n) is 6.02. The van der Waals surface area contributed by atoms with Gasteiger partial charge in [-0.3, -0.25) is 0 Å². The summed E-state index contributed by atoms with van der Waals surface area (Å²) in [5, 5.41) is 0. The third-order valence-corrected chi connectivity index (χ3v) is 3.12. The summed E-state index contributed by atoms with van der Waals surface area (Å²) >= 11 is 0. The Bertz CT molecular complexity index is 545. The first-order chi connectivity index (χ1) is 9.80. The molecule has 1 aliphatic rings. The summed E-state index contributed by atoms with van der Waals surface area (Å²) in [4.78, 5) is 29.2. The van der Waals surface area contributed by atoms with Gasteiger partial charge in [-0.25, -0.2) is 14.6 Å². The van der Waals surface area contributed by atoms with Gasteiger partial charge in [0.25, 0.3) is 0 Å². The number of carbonyl (C=O) groups excluding carboxylic acids is 2. The van der Waals surface area contributed by atoms with E-state index in [1.54, 1.807) is 17.0 Å². The number of amides is 1. The van der Waals surface area contributed by atoms with Gasteiger partial charge in [-0.15, -0.1) is 0 Å². The Kier molecular flexibility index (Phi) is 4.16. The van der Waals surface area contributed by atoms with Crippen LogP contribution in [0.2, 0.25) is 0 Å². The molecule has 21 heavy (non-hydrogen) atoms. The number of ether oxygens (including phenoxy) is 2. The van der Waals surface area contributed by atoms with Gasteiger partial charge >= 0.3 is 12.1 Å². The highest BCUT2D eigenvalue weighted by molar-refractivity contribution is 5.87. The van der Waals surface area contributed by atoms with Crippen molar-refractivity contribution in [3.8, 4) is 0 Å². The second kappa shape index (κ2) is 5.71. The number of likely N-dealkylation sites (tertiary alicyclic amines) is 1. The van der Waals surface area contributed by atoms with E-state index in [0.717, 1.165) is 5.69 Å². The minimum Gasteiger partial charge on any atom is -0.464 e. The van der Waals surface area contributed by atoms with Gasteiger partial charge in [-0.2, -0.15) is 0 Å². The predicted octanol–water partition coefficient (Wildman–Crippen LogP) is 2.20. The summed E-state index contributed by atoms with van der Waals surface area (Å²) in [7, 11) is 1.32. The van der Waals surface area contributed by atoms with Crippen LogP contribution >= 0.6 is 0 Å². The molecule has 0 radical (unpaired) electrons. The third-order valence-electron chi connectivity index (χ3n) is 3.12. The first kappa shape index (κ1) is 15.3. The molecule has 1 fully saturated rings. The average Bonchev–Trinajstić information content (AvgIpc) is 2.34. The fraction of sp³-hybridized carbons (Fsp3) is 0.533. The van der Waals surface area contributed by atoms with Gasteiger partial charge in [0.1, 0.15) is 11.3 Å². The van der Waals surface area contributed by atoms with E-state index in [4.69, 9.17) is 4.74 Å². The van der Waals surface area contributed by atoms with Crippen molar-refractivity contribution < 1.29 is 19.1 Å². The summed E-state index contributed by atoms with van der Waals surface area (Å²) in [6, 6.07) is 5.23. The molecule has 0 bridgehead atoms. The van der Waals surface area contributed by atoms with Gasteiger partial charge in [0, 0.05) is 24.7 Å². The van der Waals surface area contributed by atoms with Crippen molar-refractivity contribution >= 4 is 12.1 Å². The van der Waals surface area contributed by atoms with Crippen LogP contribution in [0.3, 0.4) is 0 Å². The van der Waals surface area contributed by atoms with E-state index in [-0.39, 0.29) is 17.7 Å². The van der Waals surface area contributed by atoms with Crippen molar-refractivity contribution in [1.29, 1.82) is 0 Å². The molecule has 2 heterocycles. The molecule has 6 nitrogen and oxygen atoms in total. The minimum absolute atomic E-state index is 0.127. The Morgan fingerprint density at radius 2 is 1.95 bits per heavy atom. The number of esters is 1. The Morgan fingerprint density at radius 1 is 1.29 bits per heavy atom. The van der Waals surface area contributed by atoms with Gasteiger partial charge in [-0.1, -0.05) is 6.07 Å². The number of carbonyl (C=O) groups is 2. The smallest absolute Gasteiger partial charge is 0.410 e. The van der Waals surface area contributed by atoms with Crippen molar-refractivity contribution in [3.63, 3.8) is 0 Å². The van der Waals surface area contributed by atoms with Crippen molar-refractivity contribution in [1.82, 2.24) is 9.88 Å². The number of hydrogen-bond acceptors (Lipinski definition) is 5. The lowest BCUT2D eigenvalue weighted by Gasteiger charge is -2.39. The zero-order valence-electron chi connectivity index (χ0n) is 12.8. The maximum atomic E-state index is 11.8. The quantitative estimate of drug-likeness (QED) is 0.782. The molecule has 0 N–H and O–H groups in total. The van der Waals surface area contributed by atoms with Crippen LogP contribution in [0.5, 0.6) is 0 Å². The average molecular weight is 292 g/mol. The predicted molar refractivity (Wildman–Crippen MR) is 76.1 cm³/mol. The highest BCUT2D eigenvalue weighted by Gasteiger charge is 2.35. The zero-order chi connectivity index (χ0) is 15.6. The first-order valence-electron chi connectivity index (χ1n) is 6.83. The highest BCUT2D eigenvalue weighted by atomic mass is 16.6. The molecule has 6 heteroatoms. The van der Waals surface area contributed by atoms with E-state index in [2.05, 4.69) is 9.72 Å².